The molecule has 0 radical (unpaired) electrons. The maximum absolute atomic E-state index is 12.9. The van der Waals surface area contributed by atoms with E-state index in [4.69, 9.17) is 0 Å². The summed E-state index contributed by atoms with van der Waals surface area (Å²) in [6, 6.07) is 0. The summed E-state index contributed by atoms with van der Waals surface area (Å²) in [5.41, 5.74) is -0.360. The lowest BCUT2D eigenvalue weighted by Crippen LogP contribution is -2.67. The molecular weight excluding hydrogens is 238 g/mol. The van der Waals surface area contributed by atoms with Gasteiger partial charge in [0, 0.05) is 11.8 Å². The second-order valence-corrected chi connectivity index (χ2v) is 7.51. The SMILES string of the molecule is CC1CC(O)[C@]23CCCN4CCC[C@@]42C(=O)C[C@@H]3C1. The van der Waals surface area contributed by atoms with Crippen LogP contribution >= 0.6 is 0 Å². The number of Topliss-reactive ketones (excluding diaryl/α,β-unsaturated/α-hetero) is 1. The average Bonchev–Trinajstić information content (AvgIpc) is 2.89. The Morgan fingerprint density at radius 1 is 1.21 bits per heavy atom. The molecular formula is C16H25NO2. The normalized spacial score (nSPS) is 53.8. The number of ketones is 1. The number of aliphatic hydroxyl groups excluding tert-OH is 1. The third kappa shape index (κ3) is 1.25. The number of carbonyl (C=O) groups excluding carboxylic acids is 1. The third-order valence-corrected chi connectivity index (χ3v) is 6.82. The Bertz CT molecular complexity index is 423. The lowest BCUT2D eigenvalue weighted by atomic mass is 9.53. The van der Waals surface area contributed by atoms with Crippen LogP contribution in [-0.4, -0.2) is 40.5 Å². The third-order valence-electron chi connectivity index (χ3n) is 6.82. The zero-order chi connectivity index (χ0) is 13.3. The number of hydrogen-bond donors (Lipinski definition) is 1. The molecule has 1 N–H and O–H groups in total. The Balaban J connectivity index is 1.86. The van der Waals surface area contributed by atoms with Crippen LogP contribution in [0.15, 0.2) is 0 Å². The van der Waals surface area contributed by atoms with E-state index in [9.17, 15) is 9.90 Å². The molecule has 0 amide bonds. The molecule has 0 aromatic heterocycles. The van der Waals surface area contributed by atoms with Crippen molar-refractivity contribution in [1.82, 2.24) is 4.90 Å². The van der Waals surface area contributed by atoms with E-state index in [-0.39, 0.29) is 17.1 Å². The summed E-state index contributed by atoms with van der Waals surface area (Å²) >= 11 is 0. The summed E-state index contributed by atoms with van der Waals surface area (Å²) in [4.78, 5) is 15.3. The monoisotopic (exact) mass is 263 g/mol. The van der Waals surface area contributed by atoms with Gasteiger partial charge in [-0.3, -0.25) is 9.69 Å². The first-order valence-electron chi connectivity index (χ1n) is 8.07. The van der Waals surface area contributed by atoms with Crippen LogP contribution in [0.4, 0.5) is 0 Å². The molecule has 106 valence electrons. The fourth-order valence-corrected chi connectivity index (χ4v) is 6.35. The topological polar surface area (TPSA) is 40.5 Å². The lowest BCUT2D eigenvalue weighted by Gasteiger charge is -2.58. The predicted molar refractivity (Wildman–Crippen MR) is 72.7 cm³/mol. The molecule has 0 aromatic rings. The zero-order valence-electron chi connectivity index (χ0n) is 11.9. The standard InChI is InChI=1S/C16H25NO2/c1-11-8-12-10-14(19)16-5-3-7-17(16)6-2-4-15(12,16)13(18)9-11/h11-13,18H,2-10H2,1H3/t11?,12-,13?,15+,16-/m0/s1. The molecule has 4 rings (SSSR count). The first-order valence-corrected chi connectivity index (χ1v) is 8.07. The molecule has 2 aliphatic heterocycles. The average molecular weight is 263 g/mol. The van der Waals surface area contributed by atoms with Crippen molar-refractivity contribution in [2.45, 2.75) is 63.5 Å². The van der Waals surface area contributed by atoms with Crippen LogP contribution in [0.25, 0.3) is 0 Å². The number of carbonyl (C=O) groups is 1. The van der Waals surface area contributed by atoms with Crippen molar-refractivity contribution in [2.24, 2.45) is 17.3 Å². The predicted octanol–water partition coefficient (Wildman–Crippen LogP) is 1.98. The van der Waals surface area contributed by atoms with Crippen molar-refractivity contribution >= 4 is 5.78 Å². The van der Waals surface area contributed by atoms with E-state index in [0.717, 1.165) is 58.0 Å². The highest BCUT2D eigenvalue weighted by molar-refractivity contribution is 5.93. The van der Waals surface area contributed by atoms with Crippen LogP contribution in [0.3, 0.4) is 0 Å². The van der Waals surface area contributed by atoms with E-state index in [1.54, 1.807) is 0 Å². The van der Waals surface area contributed by atoms with Crippen molar-refractivity contribution in [1.29, 1.82) is 0 Å². The van der Waals surface area contributed by atoms with Crippen LogP contribution in [-0.2, 0) is 4.79 Å². The fraction of sp³-hybridized carbons (Fsp3) is 0.938. The lowest BCUT2D eigenvalue weighted by molar-refractivity contribution is -0.162. The molecule has 4 fully saturated rings. The van der Waals surface area contributed by atoms with Gasteiger partial charge in [-0.2, -0.15) is 0 Å². The Hall–Kier alpha value is -0.410. The van der Waals surface area contributed by atoms with Crippen LogP contribution in [0.2, 0.25) is 0 Å². The molecule has 2 spiro atoms. The molecule has 4 aliphatic rings. The Morgan fingerprint density at radius 3 is 2.74 bits per heavy atom. The molecule has 19 heavy (non-hydrogen) atoms. The van der Waals surface area contributed by atoms with Gasteiger partial charge in [-0.25, -0.2) is 0 Å². The second kappa shape index (κ2) is 3.82. The molecule has 0 aromatic carbocycles. The van der Waals surface area contributed by atoms with Crippen molar-refractivity contribution in [3.05, 3.63) is 0 Å². The van der Waals surface area contributed by atoms with Gasteiger partial charge in [0.1, 0.15) is 0 Å². The van der Waals surface area contributed by atoms with Gasteiger partial charge in [-0.05, 0) is 63.5 Å². The van der Waals surface area contributed by atoms with Crippen LogP contribution in [0.5, 0.6) is 0 Å². The highest BCUT2D eigenvalue weighted by Gasteiger charge is 2.72. The summed E-state index contributed by atoms with van der Waals surface area (Å²) in [6.45, 7) is 4.38. The smallest absolute Gasteiger partial charge is 0.154 e. The Kier molecular flexibility index (Phi) is 2.48. The maximum atomic E-state index is 12.9. The van der Waals surface area contributed by atoms with Crippen molar-refractivity contribution in [3.8, 4) is 0 Å². The van der Waals surface area contributed by atoms with Crippen LogP contribution in [0, 0.1) is 17.3 Å². The van der Waals surface area contributed by atoms with Gasteiger partial charge in [-0.1, -0.05) is 6.92 Å². The van der Waals surface area contributed by atoms with Crippen molar-refractivity contribution < 1.29 is 9.90 Å². The van der Waals surface area contributed by atoms with Gasteiger partial charge in [0.05, 0.1) is 11.6 Å². The molecule has 2 saturated carbocycles. The second-order valence-electron chi connectivity index (χ2n) is 7.51. The summed E-state index contributed by atoms with van der Waals surface area (Å²) in [6.07, 6.45) is 6.92. The molecule has 2 unspecified atom stereocenters. The molecule has 2 saturated heterocycles. The minimum absolute atomic E-state index is 0.0919. The fourth-order valence-electron chi connectivity index (χ4n) is 6.35. The zero-order valence-corrected chi connectivity index (χ0v) is 11.9. The first-order chi connectivity index (χ1) is 9.11. The van der Waals surface area contributed by atoms with Crippen molar-refractivity contribution in [2.75, 3.05) is 13.1 Å². The van der Waals surface area contributed by atoms with Crippen LogP contribution in [0.1, 0.15) is 51.9 Å². The van der Waals surface area contributed by atoms with Gasteiger partial charge in [0.15, 0.2) is 5.78 Å². The maximum Gasteiger partial charge on any atom is 0.154 e. The van der Waals surface area contributed by atoms with E-state index < -0.39 is 0 Å². The number of aliphatic hydroxyl groups is 1. The summed E-state index contributed by atoms with van der Waals surface area (Å²) in [7, 11) is 0. The highest BCUT2D eigenvalue weighted by Crippen LogP contribution is 2.65. The van der Waals surface area contributed by atoms with Crippen LogP contribution < -0.4 is 0 Å². The van der Waals surface area contributed by atoms with E-state index in [0.29, 0.717) is 17.6 Å². The molecule has 2 heterocycles. The van der Waals surface area contributed by atoms with Gasteiger partial charge in [0.25, 0.3) is 0 Å². The quantitative estimate of drug-likeness (QED) is 0.726. The van der Waals surface area contributed by atoms with Gasteiger partial charge >= 0.3 is 0 Å². The number of rotatable bonds is 0. The Morgan fingerprint density at radius 2 is 1.95 bits per heavy atom. The Labute approximate surface area is 115 Å². The highest BCUT2D eigenvalue weighted by atomic mass is 16.3. The van der Waals surface area contributed by atoms with E-state index in [2.05, 4.69) is 11.8 Å². The summed E-state index contributed by atoms with van der Waals surface area (Å²) < 4.78 is 0. The van der Waals surface area contributed by atoms with Gasteiger partial charge in [-0.15, -0.1) is 0 Å². The van der Waals surface area contributed by atoms with E-state index >= 15 is 0 Å². The first kappa shape index (κ1) is 12.3. The number of nitrogens with zero attached hydrogens (tertiary/aromatic N) is 1. The minimum atomic E-state index is -0.268. The molecule has 3 heteroatoms. The molecule has 5 atom stereocenters. The molecule has 0 bridgehead atoms. The molecule has 2 aliphatic carbocycles. The molecule has 3 nitrogen and oxygen atoms in total. The van der Waals surface area contributed by atoms with E-state index in [1.165, 1.54) is 0 Å². The van der Waals surface area contributed by atoms with E-state index in [1.807, 2.05) is 0 Å². The van der Waals surface area contributed by atoms with Gasteiger partial charge < -0.3 is 5.11 Å². The minimum Gasteiger partial charge on any atom is -0.392 e. The summed E-state index contributed by atoms with van der Waals surface area (Å²) in [5, 5.41) is 10.9. The largest absolute Gasteiger partial charge is 0.392 e. The number of piperidine rings is 1. The van der Waals surface area contributed by atoms with Crippen molar-refractivity contribution in [3.63, 3.8) is 0 Å². The summed E-state index contributed by atoms with van der Waals surface area (Å²) in [5.74, 6) is 1.48. The number of hydrogen-bond acceptors (Lipinski definition) is 3. The van der Waals surface area contributed by atoms with Gasteiger partial charge in [0.2, 0.25) is 0 Å².